The van der Waals surface area contributed by atoms with E-state index in [9.17, 15) is 14.7 Å². The molecule has 12 heteroatoms. The third kappa shape index (κ3) is 5.33. The van der Waals surface area contributed by atoms with Crippen LogP contribution in [0.1, 0.15) is 40.5 Å². The van der Waals surface area contributed by atoms with Crippen molar-refractivity contribution in [3.8, 4) is 11.4 Å². The molecule has 3 aromatic rings. The Balaban J connectivity index is 1.40. The third-order valence-corrected chi connectivity index (χ3v) is 6.24. The Kier molecular flexibility index (Phi) is 6.97. The molecule has 1 amide bonds. The standard InChI is InChI=1S/C24H28N8O4/c1-24(28-17-6-4-15(5-7-17)21(33)31(2)36-3)9-12-32(13-10-24)23-27-20(25)19(29-30-23)18-14-16(22(34)35)8-11-26-18/h4-8,11,14,28H,9-10,12-13H2,1-3H3,(H,34,35)(H2,25,27,30). The molecule has 0 unspecified atom stereocenters. The number of aromatic carboxylic acids is 1. The summed E-state index contributed by atoms with van der Waals surface area (Å²) in [5, 5.41) is 22.4. The van der Waals surface area contributed by atoms with E-state index >= 15 is 0 Å². The second kappa shape index (κ2) is 10.1. The molecular weight excluding hydrogens is 464 g/mol. The highest BCUT2D eigenvalue weighted by Gasteiger charge is 2.31. The highest BCUT2D eigenvalue weighted by molar-refractivity contribution is 5.93. The number of carboxylic acid groups (broad SMARTS) is 1. The van der Waals surface area contributed by atoms with Gasteiger partial charge in [-0.3, -0.25) is 14.6 Å². The third-order valence-electron chi connectivity index (χ3n) is 6.24. The second-order valence-corrected chi connectivity index (χ2v) is 8.82. The number of nitrogens with zero attached hydrogens (tertiary/aromatic N) is 6. The number of pyridine rings is 1. The molecule has 1 aliphatic rings. The van der Waals surface area contributed by atoms with Gasteiger partial charge in [0.2, 0.25) is 5.95 Å². The second-order valence-electron chi connectivity index (χ2n) is 8.82. The van der Waals surface area contributed by atoms with Crippen LogP contribution in [0.15, 0.2) is 42.6 Å². The number of hydroxylamine groups is 2. The zero-order valence-electron chi connectivity index (χ0n) is 20.3. The molecule has 4 N–H and O–H groups in total. The van der Waals surface area contributed by atoms with Crippen LogP contribution in [0.3, 0.4) is 0 Å². The first-order valence-corrected chi connectivity index (χ1v) is 11.3. The first kappa shape index (κ1) is 24.8. The van der Waals surface area contributed by atoms with Crippen LogP contribution >= 0.6 is 0 Å². The van der Waals surface area contributed by atoms with Gasteiger partial charge in [-0.1, -0.05) is 0 Å². The van der Waals surface area contributed by atoms with E-state index in [1.807, 2.05) is 17.0 Å². The summed E-state index contributed by atoms with van der Waals surface area (Å²) in [6, 6.07) is 10.1. The zero-order valence-corrected chi connectivity index (χ0v) is 20.3. The van der Waals surface area contributed by atoms with Crippen LogP contribution < -0.4 is 16.0 Å². The van der Waals surface area contributed by atoms with E-state index in [4.69, 9.17) is 10.6 Å². The largest absolute Gasteiger partial charge is 0.478 e. The van der Waals surface area contributed by atoms with Gasteiger partial charge in [-0.25, -0.2) is 9.86 Å². The molecule has 2 aromatic heterocycles. The average molecular weight is 493 g/mol. The quantitative estimate of drug-likeness (QED) is 0.415. The number of anilines is 3. The Morgan fingerprint density at radius 3 is 2.44 bits per heavy atom. The van der Waals surface area contributed by atoms with Crippen LogP contribution in [-0.4, -0.2) is 75.0 Å². The van der Waals surface area contributed by atoms with Crippen LogP contribution in [0.25, 0.3) is 11.4 Å². The van der Waals surface area contributed by atoms with Gasteiger partial charge in [-0.05, 0) is 56.2 Å². The maximum absolute atomic E-state index is 12.2. The Morgan fingerprint density at radius 1 is 1.14 bits per heavy atom. The molecule has 0 saturated carbocycles. The number of rotatable bonds is 7. The summed E-state index contributed by atoms with van der Waals surface area (Å²) >= 11 is 0. The number of carbonyl (C=O) groups excluding carboxylic acids is 1. The molecular formula is C24H28N8O4. The minimum absolute atomic E-state index is 0.0802. The van der Waals surface area contributed by atoms with Crippen LogP contribution in [0.5, 0.6) is 0 Å². The number of hydrogen-bond acceptors (Lipinski definition) is 10. The normalized spacial score (nSPS) is 14.8. The van der Waals surface area contributed by atoms with Gasteiger partial charge in [0.05, 0.1) is 18.4 Å². The van der Waals surface area contributed by atoms with Crippen molar-refractivity contribution >= 4 is 29.3 Å². The van der Waals surface area contributed by atoms with E-state index in [1.54, 1.807) is 19.2 Å². The van der Waals surface area contributed by atoms with Gasteiger partial charge >= 0.3 is 5.97 Å². The zero-order chi connectivity index (χ0) is 25.9. The van der Waals surface area contributed by atoms with E-state index in [1.165, 1.54) is 30.5 Å². The minimum Gasteiger partial charge on any atom is -0.478 e. The average Bonchev–Trinajstić information content (AvgIpc) is 2.88. The van der Waals surface area contributed by atoms with Crippen LogP contribution in [0, 0.1) is 0 Å². The summed E-state index contributed by atoms with van der Waals surface area (Å²) in [4.78, 5) is 38.9. The molecule has 1 fully saturated rings. The van der Waals surface area contributed by atoms with Gasteiger partial charge in [0.25, 0.3) is 5.91 Å². The van der Waals surface area contributed by atoms with Crippen LogP contribution in [0.2, 0.25) is 0 Å². The number of nitrogens with two attached hydrogens (primary N) is 1. The van der Waals surface area contributed by atoms with E-state index in [-0.39, 0.29) is 28.5 Å². The van der Waals surface area contributed by atoms with E-state index in [0.717, 1.165) is 18.5 Å². The van der Waals surface area contributed by atoms with Crippen molar-refractivity contribution in [2.75, 3.05) is 43.2 Å². The molecule has 0 bridgehead atoms. The Bertz CT molecular complexity index is 1260. The maximum atomic E-state index is 12.2. The smallest absolute Gasteiger partial charge is 0.335 e. The Hall–Kier alpha value is -4.32. The number of nitrogens with one attached hydrogen (secondary N) is 1. The SMILES string of the molecule is CON(C)C(=O)c1ccc(NC2(C)CCN(c3nnc(-c4cc(C(=O)O)ccn4)c(N)n3)CC2)cc1. The van der Waals surface area contributed by atoms with Gasteiger partial charge < -0.3 is 21.1 Å². The monoisotopic (exact) mass is 492 g/mol. The van der Waals surface area contributed by atoms with Gasteiger partial charge in [0.1, 0.15) is 0 Å². The molecule has 1 aromatic carbocycles. The fraction of sp³-hybridized carbons (Fsp3) is 0.333. The van der Waals surface area contributed by atoms with Crippen molar-refractivity contribution in [2.24, 2.45) is 0 Å². The fourth-order valence-corrected chi connectivity index (χ4v) is 3.97. The predicted molar refractivity (Wildman–Crippen MR) is 133 cm³/mol. The number of amides is 1. The minimum atomic E-state index is -1.07. The summed E-state index contributed by atoms with van der Waals surface area (Å²) in [7, 11) is 3.01. The molecule has 0 aliphatic carbocycles. The Morgan fingerprint density at radius 2 is 1.83 bits per heavy atom. The van der Waals surface area contributed by atoms with Gasteiger partial charge in [0.15, 0.2) is 11.5 Å². The molecule has 0 atom stereocenters. The number of piperidine rings is 1. The Labute approximate surface area is 208 Å². The van der Waals surface area contributed by atoms with Gasteiger partial charge in [-0.15, -0.1) is 10.2 Å². The van der Waals surface area contributed by atoms with Crippen molar-refractivity contribution in [2.45, 2.75) is 25.3 Å². The summed E-state index contributed by atoms with van der Waals surface area (Å²) in [5.74, 6) is -0.733. The number of carbonyl (C=O) groups is 2. The van der Waals surface area contributed by atoms with E-state index in [0.29, 0.717) is 30.3 Å². The molecule has 4 rings (SSSR count). The lowest BCUT2D eigenvalue weighted by Gasteiger charge is -2.40. The molecule has 0 spiro atoms. The molecule has 188 valence electrons. The maximum Gasteiger partial charge on any atom is 0.335 e. The topological polar surface area (TPSA) is 160 Å². The first-order chi connectivity index (χ1) is 17.2. The van der Waals surface area contributed by atoms with E-state index < -0.39 is 5.97 Å². The number of nitrogen functional groups attached to an aromatic ring is 1. The number of carboxylic acids is 1. The lowest BCUT2D eigenvalue weighted by atomic mass is 9.89. The first-order valence-electron chi connectivity index (χ1n) is 11.3. The van der Waals surface area contributed by atoms with Crippen LogP contribution in [-0.2, 0) is 4.84 Å². The van der Waals surface area contributed by atoms with Crippen LogP contribution in [0.4, 0.5) is 17.5 Å². The molecule has 1 aliphatic heterocycles. The molecule has 1 saturated heterocycles. The summed E-state index contributed by atoms with van der Waals surface area (Å²) in [5.41, 5.74) is 8.05. The molecule has 12 nitrogen and oxygen atoms in total. The number of benzene rings is 1. The van der Waals surface area contributed by atoms with Crippen molar-refractivity contribution in [1.29, 1.82) is 0 Å². The predicted octanol–water partition coefficient (Wildman–Crippen LogP) is 2.32. The van der Waals surface area contributed by atoms with Crippen molar-refractivity contribution in [1.82, 2.24) is 25.2 Å². The number of aromatic nitrogens is 4. The van der Waals surface area contributed by atoms with Crippen molar-refractivity contribution in [3.05, 3.63) is 53.7 Å². The molecule has 36 heavy (non-hydrogen) atoms. The van der Waals surface area contributed by atoms with Gasteiger partial charge in [-0.2, -0.15) is 4.98 Å². The lowest BCUT2D eigenvalue weighted by molar-refractivity contribution is -0.0756. The highest BCUT2D eigenvalue weighted by atomic mass is 16.7. The molecule has 0 radical (unpaired) electrons. The summed E-state index contributed by atoms with van der Waals surface area (Å²) in [6.07, 6.45) is 3.01. The van der Waals surface area contributed by atoms with Crippen molar-refractivity contribution in [3.63, 3.8) is 0 Å². The molecule has 3 heterocycles. The fourth-order valence-electron chi connectivity index (χ4n) is 3.97. The number of hydrogen-bond donors (Lipinski definition) is 3. The van der Waals surface area contributed by atoms with Crippen molar-refractivity contribution < 1.29 is 19.5 Å². The highest BCUT2D eigenvalue weighted by Crippen LogP contribution is 2.29. The van der Waals surface area contributed by atoms with Gasteiger partial charge in [0, 0.05) is 43.1 Å². The summed E-state index contributed by atoms with van der Waals surface area (Å²) in [6.45, 7) is 3.53. The summed E-state index contributed by atoms with van der Waals surface area (Å²) < 4.78 is 0. The lowest BCUT2D eigenvalue weighted by Crippen LogP contribution is -2.47. The van der Waals surface area contributed by atoms with E-state index in [2.05, 4.69) is 32.4 Å².